The van der Waals surface area contributed by atoms with Crippen molar-refractivity contribution in [3.05, 3.63) is 29.8 Å². The van der Waals surface area contributed by atoms with E-state index in [2.05, 4.69) is 24.1 Å². The van der Waals surface area contributed by atoms with E-state index in [1.807, 2.05) is 24.3 Å². The van der Waals surface area contributed by atoms with Gasteiger partial charge in [-0.2, -0.15) is 0 Å². The largest absolute Gasteiger partial charge is 0.372 e. The van der Waals surface area contributed by atoms with E-state index < -0.39 is 0 Å². The number of hydrogen-bond acceptors (Lipinski definition) is 3. The molecule has 6 heteroatoms. The Kier molecular flexibility index (Phi) is 15.4. The fourth-order valence-corrected chi connectivity index (χ4v) is 2.22. The number of halogens is 2. The van der Waals surface area contributed by atoms with Gasteiger partial charge < -0.3 is 16.0 Å². The number of unbranched alkanes of at least 4 members (excludes halogenated alkanes) is 2. The summed E-state index contributed by atoms with van der Waals surface area (Å²) in [7, 11) is 0. The van der Waals surface area contributed by atoms with Crippen LogP contribution in [0.2, 0.25) is 0 Å². The van der Waals surface area contributed by atoms with Crippen LogP contribution in [0.4, 0.5) is 5.69 Å². The van der Waals surface area contributed by atoms with Crippen LogP contribution in [-0.4, -0.2) is 32.1 Å². The molecule has 0 saturated heterocycles. The van der Waals surface area contributed by atoms with Gasteiger partial charge in [0.25, 0.3) is 5.91 Å². The highest BCUT2D eigenvalue weighted by Crippen LogP contribution is 2.16. The standard InChI is InChI=1S/C17H29N3O.2ClH/c1-3-5-14-20(4-2)16-10-8-15(9-11-16)17(21)19-13-7-6-12-18;;/h8-11H,3-7,12-14,18H2,1-2H3,(H,19,21);2*1H. The van der Waals surface area contributed by atoms with Gasteiger partial charge in [0.2, 0.25) is 0 Å². The predicted molar refractivity (Wildman–Crippen MR) is 104 cm³/mol. The number of rotatable bonds is 10. The molecule has 0 saturated carbocycles. The maximum atomic E-state index is 12.0. The molecule has 0 aliphatic rings. The highest BCUT2D eigenvalue weighted by molar-refractivity contribution is 5.94. The van der Waals surface area contributed by atoms with E-state index in [-0.39, 0.29) is 30.7 Å². The number of carbonyl (C=O) groups is 1. The van der Waals surface area contributed by atoms with Crippen LogP contribution in [-0.2, 0) is 0 Å². The van der Waals surface area contributed by atoms with Gasteiger partial charge in [-0.15, -0.1) is 24.8 Å². The number of benzene rings is 1. The first kappa shape index (κ1) is 24.3. The summed E-state index contributed by atoms with van der Waals surface area (Å²) < 4.78 is 0. The number of hydrogen-bond donors (Lipinski definition) is 2. The molecular formula is C17H31Cl2N3O. The molecule has 134 valence electrons. The molecule has 3 N–H and O–H groups in total. The molecule has 0 aromatic heterocycles. The van der Waals surface area contributed by atoms with Crippen LogP contribution in [0.3, 0.4) is 0 Å². The van der Waals surface area contributed by atoms with E-state index in [0.717, 1.165) is 31.5 Å². The molecular weight excluding hydrogens is 333 g/mol. The van der Waals surface area contributed by atoms with Crippen molar-refractivity contribution in [1.29, 1.82) is 0 Å². The lowest BCUT2D eigenvalue weighted by Gasteiger charge is -2.23. The van der Waals surface area contributed by atoms with Gasteiger partial charge in [0.15, 0.2) is 0 Å². The van der Waals surface area contributed by atoms with Crippen LogP contribution in [0.25, 0.3) is 0 Å². The number of anilines is 1. The van der Waals surface area contributed by atoms with Gasteiger partial charge in [-0.3, -0.25) is 4.79 Å². The molecule has 0 heterocycles. The summed E-state index contributed by atoms with van der Waals surface area (Å²) in [4.78, 5) is 14.3. The molecule has 23 heavy (non-hydrogen) atoms. The van der Waals surface area contributed by atoms with Gasteiger partial charge in [0.05, 0.1) is 0 Å². The monoisotopic (exact) mass is 363 g/mol. The van der Waals surface area contributed by atoms with E-state index in [0.29, 0.717) is 13.1 Å². The van der Waals surface area contributed by atoms with Crippen molar-refractivity contribution in [1.82, 2.24) is 5.32 Å². The first-order chi connectivity index (χ1) is 10.2. The molecule has 4 nitrogen and oxygen atoms in total. The summed E-state index contributed by atoms with van der Waals surface area (Å²) in [6, 6.07) is 7.88. The predicted octanol–water partition coefficient (Wildman–Crippen LogP) is 3.63. The molecule has 0 unspecified atom stereocenters. The Morgan fingerprint density at radius 3 is 2.26 bits per heavy atom. The quantitative estimate of drug-likeness (QED) is 0.624. The SMILES string of the molecule is CCCCN(CC)c1ccc(C(=O)NCCCCN)cc1.Cl.Cl. The number of carbonyl (C=O) groups excluding carboxylic acids is 1. The van der Waals surface area contributed by atoms with Crippen LogP contribution in [0.15, 0.2) is 24.3 Å². The van der Waals surface area contributed by atoms with E-state index in [1.165, 1.54) is 18.5 Å². The number of nitrogens with one attached hydrogen (secondary N) is 1. The molecule has 0 radical (unpaired) electrons. The Labute approximate surface area is 153 Å². The van der Waals surface area contributed by atoms with E-state index in [9.17, 15) is 4.79 Å². The summed E-state index contributed by atoms with van der Waals surface area (Å²) >= 11 is 0. The van der Waals surface area contributed by atoms with Crippen LogP contribution in [0, 0.1) is 0 Å². The summed E-state index contributed by atoms with van der Waals surface area (Å²) in [5.74, 6) is -0.00446. The van der Waals surface area contributed by atoms with Crippen molar-refractivity contribution in [3.63, 3.8) is 0 Å². The van der Waals surface area contributed by atoms with Gasteiger partial charge in [0.1, 0.15) is 0 Å². The lowest BCUT2D eigenvalue weighted by atomic mass is 10.1. The Morgan fingerprint density at radius 2 is 1.74 bits per heavy atom. The highest BCUT2D eigenvalue weighted by atomic mass is 35.5. The van der Waals surface area contributed by atoms with E-state index >= 15 is 0 Å². The average molecular weight is 364 g/mol. The van der Waals surface area contributed by atoms with Crippen molar-refractivity contribution in [2.45, 2.75) is 39.5 Å². The van der Waals surface area contributed by atoms with E-state index in [4.69, 9.17) is 5.73 Å². The van der Waals surface area contributed by atoms with Crippen LogP contribution in [0.1, 0.15) is 49.9 Å². The van der Waals surface area contributed by atoms with Gasteiger partial charge in [-0.1, -0.05) is 13.3 Å². The lowest BCUT2D eigenvalue weighted by molar-refractivity contribution is 0.0953. The van der Waals surface area contributed by atoms with Gasteiger partial charge >= 0.3 is 0 Å². The molecule has 0 aliphatic heterocycles. The third-order valence-electron chi connectivity index (χ3n) is 3.57. The summed E-state index contributed by atoms with van der Waals surface area (Å²) in [5, 5.41) is 2.92. The minimum atomic E-state index is -0.00446. The minimum Gasteiger partial charge on any atom is -0.372 e. The number of nitrogens with zero attached hydrogens (tertiary/aromatic N) is 1. The Balaban J connectivity index is 0. The third-order valence-corrected chi connectivity index (χ3v) is 3.57. The van der Waals surface area contributed by atoms with Crippen LogP contribution < -0.4 is 16.0 Å². The fourth-order valence-electron chi connectivity index (χ4n) is 2.22. The zero-order chi connectivity index (χ0) is 15.5. The van der Waals surface area contributed by atoms with Crippen molar-refractivity contribution in [2.24, 2.45) is 5.73 Å². The summed E-state index contributed by atoms with van der Waals surface area (Å²) in [6.07, 6.45) is 4.26. The first-order valence-electron chi connectivity index (χ1n) is 8.06. The van der Waals surface area contributed by atoms with E-state index in [1.54, 1.807) is 0 Å². The second-order valence-electron chi connectivity index (χ2n) is 5.23. The Bertz CT molecular complexity index is 413. The summed E-state index contributed by atoms with van der Waals surface area (Å²) in [5.41, 5.74) is 7.34. The lowest BCUT2D eigenvalue weighted by Crippen LogP contribution is -2.26. The van der Waals surface area contributed by atoms with Crippen molar-refractivity contribution in [3.8, 4) is 0 Å². The van der Waals surface area contributed by atoms with Gasteiger partial charge in [-0.05, 0) is 57.0 Å². The fraction of sp³-hybridized carbons (Fsp3) is 0.588. The van der Waals surface area contributed by atoms with Crippen molar-refractivity contribution in [2.75, 3.05) is 31.1 Å². The Hall–Kier alpha value is -0.970. The molecule has 0 fully saturated rings. The van der Waals surface area contributed by atoms with Crippen LogP contribution in [0.5, 0.6) is 0 Å². The molecule has 1 amide bonds. The third kappa shape index (κ3) is 9.04. The second kappa shape index (κ2) is 14.6. The molecule has 0 bridgehead atoms. The zero-order valence-corrected chi connectivity index (χ0v) is 15.8. The van der Waals surface area contributed by atoms with Crippen molar-refractivity contribution >= 4 is 36.4 Å². The van der Waals surface area contributed by atoms with Crippen LogP contribution >= 0.6 is 24.8 Å². The topological polar surface area (TPSA) is 58.4 Å². The second-order valence-corrected chi connectivity index (χ2v) is 5.23. The first-order valence-corrected chi connectivity index (χ1v) is 8.06. The Morgan fingerprint density at radius 1 is 1.09 bits per heavy atom. The zero-order valence-electron chi connectivity index (χ0n) is 14.2. The number of nitrogens with two attached hydrogens (primary N) is 1. The smallest absolute Gasteiger partial charge is 0.251 e. The molecule has 0 atom stereocenters. The average Bonchev–Trinajstić information content (AvgIpc) is 2.52. The van der Waals surface area contributed by atoms with Crippen molar-refractivity contribution < 1.29 is 4.79 Å². The molecule has 0 spiro atoms. The minimum absolute atomic E-state index is 0. The molecule has 1 aromatic rings. The molecule has 1 aromatic carbocycles. The highest BCUT2D eigenvalue weighted by Gasteiger charge is 2.07. The summed E-state index contributed by atoms with van der Waals surface area (Å²) in [6.45, 7) is 7.78. The molecule has 1 rings (SSSR count). The maximum Gasteiger partial charge on any atom is 0.251 e. The van der Waals surface area contributed by atoms with Gasteiger partial charge in [0, 0.05) is 30.9 Å². The molecule has 0 aliphatic carbocycles. The maximum absolute atomic E-state index is 12.0. The van der Waals surface area contributed by atoms with Gasteiger partial charge in [-0.25, -0.2) is 0 Å². The normalized spacial score (nSPS) is 9.52. The number of amides is 1.